The molecule has 0 aromatic carbocycles. The van der Waals surface area contributed by atoms with Gasteiger partial charge in [-0.25, -0.2) is 4.98 Å². The summed E-state index contributed by atoms with van der Waals surface area (Å²) in [6.07, 6.45) is 5.41. The zero-order chi connectivity index (χ0) is 13.0. The van der Waals surface area contributed by atoms with Crippen LogP contribution in [0.3, 0.4) is 0 Å². The number of aromatic nitrogens is 3. The molecule has 0 aliphatic heterocycles. The Morgan fingerprint density at radius 2 is 2.28 bits per heavy atom. The molecule has 2 aromatic rings. The minimum absolute atomic E-state index is 0.213. The Balaban J connectivity index is 1.94. The summed E-state index contributed by atoms with van der Waals surface area (Å²) < 4.78 is 1.90. The van der Waals surface area contributed by atoms with Crippen molar-refractivity contribution in [2.45, 2.75) is 26.4 Å². The van der Waals surface area contributed by atoms with Crippen LogP contribution in [0.1, 0.15) is 18.1 Å². The van der Waals surface area contributed by atoms with Gasteiger partial charge in [-0.2, -0.15) is 10.4 Å². The Morgan fingerprint density at radius 1 is 1.44 bits per heavy atom. The molecule has 5 heteroatoms. The van der Waals surface area contributed by atoms with E-state index in [2.05, 4.69) is 22.3 Å². The van der Waals surface area contributed by atoms with Gasteiger partial charge in [0.25, 0.3) is 0 Å². The number of nitriles is 1. The van der Waals surface area contributed by atoms with Gasteiger partial charge in [-0.05, 0) is 31.5 Å². The summed E-state index contributed by atoms with van der Waals surface area (Å²) in [6, 6.07) is 5.82. The molecule has 0 fully saturated rings. The molecule has 5 nitrogen and oxygen atoms in total. The number of hydrogen-bond donors (Lipinski definition) is 1. The second kappa shape index (κ2) is 5.32. The lowest BCUT2D eigenvalue weighted by molar-refractivity contribution is 0.559. The van der Waals surface area contributed by atoms with E-state index in [-0.39, 0.29) is 6.04 Å². The monoisotopic (exact) mass is 241 g/mol. The van der Waals surface area contributed by atoms with Gasteiger partial charge in [0.15, 0.2) is 0 Å². The maximum absolute atomic E-state index is 8.69. The number of rotatable bonds is 4. The SMILES string of the molecule is Cc1cnn(C[C@H](C)Nc2ccc(C#N)cn2)c1. The molecule has 0 aliphatic rings. The Bertz CT molecular complexity index is 550. The lowest BCUT2D eigenvalue weighted by Gasteiger charge is -2.14. The van der Waals surface area contributed by atoms with Gasteiger partial charge < -0.3 is 5.32 Å². The average molecular weight is 241 g/mol. The molecule has 0 radical (unpaired) electrons. The van der Waals surface area contributed by atoms with Gasteiger partial charge in [-0.15, -0.1) is 0 Å². The Hall–Kier alpha value is -2.35. The highest BCUT2D eigenvalue weighted by molar-refractivity contribution is 5.39. The fourth-order valence-electron chi connectivity index (χ4n) is 1.69. The normalized spacial score (nSPS) is 11.8. The van der Waals surface area contributed by atoms with E-state index >= 15 is 0 Å². The molecule has 1 atom stereocenters. The van der Waals surface area contributed by atoms with Crippen LogP contribution in [0.25, 0.3) is 0 Å². The first kappa shape index (κ1) is 12.1. The van der Waals surface area contributed by atoms with E-state index in [1.807, 2.05) is 36.1 Å². The van der Waals surface area contributed by atoms with Gasteiger partial charge in [-0.3, -0.25) is 4.68 Å². The third-order valence-corrected chi connectivity index (χ3v) is 2.51. The Morgan fingerprint density at radius 3 is 2.83 bits per heavy atom. The summed E-state index contributed by atoms with van der Waals surface area (Å²) in [7, 11) is 0. The molecular formula is C13H15N5. The minimum Gasteiger partial charge on any atom is -0.366 e. The zero-order valence-corrected chi connectivity index (χ0v) is 10.5. The smallest absolute Gasteiger partial charge is 0.126 e. The van der Waals surface area contributed by atoms with Crippen LogP contribution in [0, 0.1) is 18.3 Å². The molecule has 2 aromatic heterocycles. The first-order chi connectivity index (χ1) is 8.67. The van der Waals surface area contributed by atoms with Crippen LogP contribution in [0.4, 0.5) is 5.82 Å². The minimum atomic E-state index is 0.213. The molecule has 0 saturated heterocycles. The summed E-state index contributed by atoms with van der Waals surface area (Å²) in [6.45, 7) is 4.86. The third kappa shape index (κ3) is 3.08. The molecule has 0 spiro atoms. The second-order valence-corrected chi connectivity index (χ2v) is 4.33. The first-order valence-corrected chi connectivity index (χ1v) is 5.79. The van der Waals surface area contributed by atoms with Crippen molar-refractivity contribution >= 4 is 5.82 Å². The van der Waals surface area contributed by atoms with Crippen LogP contribution < -0.4 is 5.32 Å². The molecular weight excluding hydrogens is 226 g/mol. The molecule has 2 heterocycles. The van der Waals surface area contributed by atoms with Crippen molar-refractivity contribution in [3.63, 3.8) is 0 Å². The largest absolute Gasteiger partial charge is 0.366 e. The maximum Gasteiger partial charge on any atom is 0.126 e. The van der Waals surface area contributed by atoms with Gasteiger partial charge in [0.05, 0.1) is 18.3 Å². The molecule has 92 valence electrons. The number of pyridine rings is 1. The maximum atomic E-state index is 8.69. The summed E-state index contributed by atoms with van der Waals surface area (Å²) >= 11 is 0. The highest BCUT2D eigenvalue weighted by atomic mass is 15.3. The van der Waals surface area contributed by atoms with Crippen LogP contribution in [0.5, 0.6) is 0 Å². The lowest BCUT2D eigenvalue weighted by Crippen LogP contribution is -2.22. The van der Waals surface area contributed by atoms with Gasteiger partial charge in [0.2, 0.25) is 0 Å². The molecule has 0 saturated carbocycles. The molecule has 1 N–H and O–H groups in total. The second-order valence-electron chi connectivity index (χ2n) is 4.33. The van der Waals surface area contributed by atoms with Crippen molar-refractivity contribution in [1.29, 1.82) is 5.26 Å². The van der Waals surface area contributed by atoms with Crippen molar-refractivity contribution in [2.75, 3.05) is 5.32 Å². The van der Waals surface area contributed by atoms with E-state index in [0.717, 1.165) is 17.9 Å². The fraction of sp³-hybridized carbons (Fsp3) is 0.308. The van der Waals surface area contributed by atoms with Crippen LogP contribution in [-0.2, 0) is 6.54 Å². The number of hydrogen-bond acceptors (Lipinski definition) is 4. The summed E-state index contributed by atoms with van der Waals surface area (Å²) in [5.41, 5.74) is 1.72. The number of nitrogens with one attached hydrogen (secondary N) is 1. The number of anilines is 1. The molecule has 18 heavy (non-hydrogen) atoms. The van der Waals surface area contributed by atoms with Crippen LogP contribution in [-0.4, -0.2) is 20.8 Å². The van der Waals surface area contributed by atoms with Gasteiger partial charge in [0.1, 0.15) is 11.9 Å². The first-order valence-electron chi connectivity index (χ1n) is 5.79. The molecule has 0 aliphatic carbocycles. The van der Waals surface area contributed by atoms with E-state index in [1.54, 1.807) is 12.3 Å². The third-order valence-electron chi connectivity index (χ3n) is 2.51. The highest BCUT2D eigenvalue weighted by Gasteiger charge is 2.04. The quantitative estimate of drug-likeness (QED) is 0.888. The van der Waals surface area contributed by atoms with Crippen molar-refractivity contribution in [3.8, 4) is 6.07 Å². The van der Waals surface area contributed by atoms with Gasteiger partial charge in [-0.1, -0.05) is 0 Å². The number of aryl methyl sites for hydroxylation is 1. The lowest BCUT2D eigenvalue weighted by atomic mass is 10.3. The van der Waals surface area contributed by atoms with E-state index in [0.29, 0.717) is 5.56 Å². The molecule has 0 amide bonds. The van der Waals surface area contributed by atoms with Crippen molar-refractivity contribution in [3.05, 3.63) is 41.9 Å². The summed E-state index contributed by atoms with van der Waals surface area (Å²) in [5.74, 6) is 0.769. The topological polar surface area (TPSA) is 66.5 Å². The Labute approximate surface area is 106 Å². The fourth-order valence-corrected chi connectivity index (χ4v) is 1.69. The van der Waals surface area contributed by atoms with Crippen molar-refractivity contribution < 1.29 is 0 Å². The summed E-state index contributed by atoms with van der Waals surface area (Å²) in [5, 5.41) is 16.2. The molecule has 0 unspecified atom stereocenters. The molecule has 2 rings (SSSR count). The van der Waals surface area contributed by atoms with Crippen LogP contribution >= 0.6 is 0 Å². The van der Waals surface area contributed by atoms with E-state index in [9.17, 15) is 0 Å². The summed E-state index contributed by atoms with van der Waals surface area (Å²) in [4.78, 5) is 4.17. The van der Waals surface area contributed by atoms with Crippen LogP contribution in [0.2, 0.25) is 0 Å². The van der Waals surface area contributed by atoms with E-state index in [4.69, 9.17) is 5.26 Å². The van der Waals surface area contributed by atoms with E-state index < -0.39 is 0 Å². The molecule has 0 bridgehead atoms. The predicted octanol–water partition coefficient (Wildman–Crippen LogP) is 1.96. The highest BCUT2D eigenvalue weighted by Crippen LogP contribution is 2.07. The van der Waals surface area contributed by atoms with Crippen LogP contribution in [0.15, 0.2) is 30.7 Å². The van der Waals surface area contributed by atoms with E-state index in [1.165, 1.54) is 0 Å². The predicted molar refractivity (Wildman–Crippen MR) is 69.0 cm³/mol. The number of nitrogens with zero attached hydrogens (tertiary/aromatic N) is 4. The van der Waals surface area contributed by atoms with Crippen molar-refractivity contribution in [1.82, 2.24) is 14.8 Å². The van der Waals surface area contributed by atoms with Gasteiger partial charge >= 0.3 is 0 Å². The Kier molecular flexibility index (Phi) is 3.58. The standard InChI is InChI=1S/C13H15N5/c1-10-6-16-18(8-10)9-11(2)17-13-4-3-12(5-14)7-15-13/h3-4,6-8,11H,9H2,1-2H3,(H,15,17)/t11-/m0/s1. The zero-order valence-electron chi connectivity index (χ0n) is 10.5. The van der Waals surface area contributed by atoms with Crippen molar-refractivity contribution in [2.24, 2.45) is 0 Å². The average Bonchev–Trinajstić information content (AvgIpc) is 2.75. The van der Waals surface area contributed by atoms with Gasteiger partial charge in [0, 0.05) is 18.4 Å².